The molecule has 3 rings (SSSR count). The first kappa shape index (κ1) is 19.0. The van der Waals surface area contributed by atoms with Gasteiger partial charge in [0.2, 0.25) is 0 Å². The second kappa shape index (κ2) is 8.76. The summed E-state index contributed by atoms with van der Waals surface area (Å²) < 4.78 is 11.1. The van der Waals surface area contributed by atoms with Crippen molar-refractivity contribution in [2.45, 2.75) is 45.6 Å². The Morgan fingerprint density at radius 3 is 2.69 bits per heavy atom. The van der Waals surface area contributed by atoms with E-state index in [9.17, 15) is 0 Å². The van der Waals surface area contributed by atoms with Crippen molar-refractivity contribution < 1.29 is 9.47 Å². The Morgan fingerprint density at radius 2 is 2.04 bits per heavy atom. The number of aliphatic imine (C=N–C) groups is 1. The molecule has 1 aromatic carbocycles. The normalized spacial score (nSPS) is 18.5. The maximum atomic E-state index is 5.97. The molecule has 5 heteroatoms. The Morgan fingerprint density at radius 1 is 1.23 bits per heavy atom. The summed E-state index contributed by atoms with van der Waals surface area (Å²) in [6, 6.07) is 6.36. The molecular formula is C21H33N3O2. The molecule has 0 amide bonds. The minimum Gasteiger partial charge on any atom is -0.493 e. The number of methoxy groups -OCH3 is 1. The van der Waals surface area contributed by atoms with E-state index in [-0.39, 0.29) is 0 Å². The van der Waals surface area contributed by atoms with Crippen LogP contribution in [0.5, 0.6) is 5.75 Å². The van der Waals surface area contributed by atoms with Gasteiger partial charge in [0.15, 0.2) is 5.96 Å². The molecule has 2 N–H and O–H groups in total. The molecular weight excluding hydrogens is 326 g/mol. The molecule has 2 aliphatic carbocycles. The molecule has 0 atom stereocenters. The van der Waals surface area contributed by atoms with E-state index in [1.807, 2.05) is 7.05 Å². The standard InChI is InChI=1S/C21H33N3O2/c1-16-5-6-17(19(13-16)26-12-4-11-25-3)14-23-20(22-2)24-15-21(9-10-21)18-7-8-18/h5-6,13,18H,4,7-12,14-15H2,1-3H3,(H2,22,23,24). The maximum absolute atomic E-state index is 5.97. The number of guanidine groups is 1. The van der Waals surface area contributed by atoms with Gasteiger partial charge in [0.05, 0.1) is 6.61 Å². The molecule has 0 heterocycles. The molecule has 5 nitrogen and oxygen atoms in total. The minimum atomic E-state index is 0.567. The Labute approximate surface area is 157 Å². The number of aryl methyl sites for hydroxylation is 1. The van der Waals surface area contributed by atoms with Crippen LogP contribution in [-0.2, 0) is 11.3 Å². The molecule has 2 saturated carbocycles. The van der Waals surface area contributed by atoms with Crippen molar-refractivity contribution >= 4 is 5.96 Å². The fraction of sp³-hybridized carbons (Fsp3) is 0.667. The topological polar surface area (TPSA) is 54.9 Å². The van der Waals surface area contributed by atoms with Crippen molar-refractivity contribution in [1.82, 2.24) is 10.6 Å². The maximum Gasteiger partial charge on any atom is 0.191 e. The van der Waals surface area contributed by atoms with Gasteiger partial charge in [-0.25, -0.2) is 0 Å². The third kappa shape index (κ3) is 5.13. The van der Waals surface area contributed by atoms with Gasteiger partial charge in [-0.15, -0.1) is 0 Å². The van der Waals surface area contributed by atoms with Crippen LogP contribution >= 0.6 is 0 Å². The molecule has 0 unspecified atom stereocenters. The Bertz CT molecular complexity index is 622. The van der Waals surface area contributed by atoms with Crippen LogP contribution in [0.15, 0.2) is 23.2 Å². The number of ether oxygens (including phenoxy) is 2. The molecule has 0 spiro atoms. The Kier molecular flexibility index (Phi) is 6.41. The van der Waals surface area contributed by atoms with E-state index in [2.05, 4.69) is 40.7 Å². The molecule has 26 heavy (non-hydrogen) atoms. The Balaban J connectivity index is 1.50. The van der Waals surface area contributed by atoms with E-state index >= 15 is 0 Å². The van der Waals surface area contributed by atoms with Gasteiger partial charge in [0, 0.05) is 45.8 Å². The quantitative estimate of drug-likeness (QED) is 0.382. The van der Waals surface area contributed by atoms with Gasteiger partial charge < -0.3 is 20.1 Å². The number of benzene rings is 1. The number of nitrogens with one attached hydrogen (secondary N) is 2. The second-order valence-corrected chi connectivity index (χ2v) is 7.72. The molecule has 0 radical (unpaired) electrons. The van der Waals surface area contributed by atoms with Gasteiger partial charge in [-0.05, 0) is 55.6 Å². The van der Waals surface area contributed by atoms with E-state index in [0.717, 1.165) is 42.8 Å². The molecule has 144 valence electrons. The van der Waals surface area contributed by atoms with E-state index in [0.29, 0.717) is 18.6 Å². The van der Waals surface area contributed by atoms with Crippen molar-refractivity contribution in [3.63, 3.8) is 0 Å². The SMILES string of the molecule is CN=C(NCc1ccc(C)cc1OCCCOC)NCC1(C2CC2)CC1. The highest BCUT2D eigenvalue weighted by Crippen LogP contribution is 2.60. The predicted molar refractivity (Wildman–Crippen MR) is 106 cm³/mol. The first-order valence-corrected chi connectivity index (χ1v) is 9.83. The molecule has 0 aromatic heterocycles. The van der Waals surface area contributed by atoms with E-state index in [1.165, 1.54) is 31.2 Å². The molecule has 0 aliphatic heterocycles. The molecule has 2 fully saturated rings. The zero-order valence-electron chi connectivity index (χ0n) is 16.4. The summed E-state index contributed by atoms with van der Waals surface area (Å²) >= 11 is 0. The zero-order chi connectivity index (χ0) is 18.4. The highest BCUT2D eigenvalue weighted by Gasteiger charge is 2.53. The lowest BCUT2D eigenvalue weighted by atomic mass is 10.0. The third-order valence-electron chi connectivity index (χ3n) is 5.59. The summed E-state index contributed by atoms with van der Waals surface area (Å²) in [6.07, 6.45) is 6.48. The van der Waals surface area contributed by atoms with Gasteiger partial charge >= 0.3 is 0 Å². The second-order valence-electron chi connectivity index (χ2n) is 7.72. The van der Waals surface area contributed by atoms with Crippen molar-refractivity contribution in [2.75, 3.05) is 33.9 Å². The average Bonchev–Trinajstić information content (AvgIpc) is 3.53. The fourth-order valence-electron chi connectivity index (χ4n) is 3.57. The summed E-state index contributed by atoms with van der Waals surface area (Å²) in [5, 5.41) is 6.98. The van der Waals surface area contributed by atoms with E-state index in [1.54, 1.807) is 7.11 Å². The van der Waals surface area contributed by atoms with Crippen LogP contribution in [0, 0.1) is 18.3 Å². The van der Waals surface area contributed by atoms with Crippen molar-refractivity contribution in [3.05, 3.63) is 29.3 Å². The zero-order valence-corrected chi connectivity index (χ0v) is 16.4. The van der Waals surface area contributed by atoms with E-state index in [4.69, 9.17) is 9.47 Å². The van der Waals surface area contributed by atoms with Crippen LogP contribution in [0.1, 0.15) is 43.2 Å². The smallest absolute Gasteiger partial charge is 0.191 e. The van der Waals surface area contributed by atoms with Gasteiger partial charge in [0.25, 0.3) is 0 Å². The lowest BCUT2D eigenvalue weighted by molar-refractivity contribution is 0.171. The van der Waals surface area contributed by atoms with Crippen LogP contribution in [0.25, 0.3) is 0 Å². The largest absolute Gasteiger partial charge is 0.493 e. The van der Waals surface area contributed by atoms with Crippen LogP contribution in [0.3, 0.4) is 0 Å². The Hall–Kier alpha value is -1.75. The lowest BCUT2D eigenvalue weighted by Crippen LogP contribution is -2.40. The van der Waals surface area contributed by atoms with Gasteiger partial charge in [-0.2, -0.15) is 0 Å². The molecule has 2 aliphatic rings. The predicted octanol–water partition coefficient (Wildman–Crippen LogP) is 3.27. The number of hydrogen-bond acceptors (Lipinski definition) is 3. The van der Waals surface area contributed by atoms with Gasteiger partial charge in [0.1, 0.15) is 5.75 Å². The number of rotatable bonds is 10. The number of nitrogens with zero attached hydrogens (tertiary/aromatic N) is 1. The van der Waals surface area contributed by atoms with Crippen LogP contribution in [0.4, 0.5) is 0 Å². The average molecular weight is 360 g/mol. The summed E-state index contributed by atoms with van der Waals surface area (Å²) in [5.74, 6) is 2.78. The van der Waals surface area contributed by atoms with Crippen molar-refractivity contribution in [2.24, 2.45) is 16.3 Å². The van der Waals surface area contributed by atoms with Crippen molar-refractivity contribution in [1.29, 1.82) is 0 Å². The first-order valence-electron chi connectivity index (χ1n) is 9.83. The summed E-state index contributed by atoms with van der Waals surface area (Å²) in [5.41, 5.74) is 2.93. The summed E-state index contributed by atoms with van der Waals surface area (Å²) in [7, 11) is 3.55. The first-order chi connectivity index (χ1) is 12.7. The molecule has 1 aromatic rings. The van der Waals surface area contributed by atoms with Crippen LogP contribution in [0.2, 0.25) is 0 Å². The monoisotopic (exact) mass is 359 g/mol. The third-order valence-corrected chi connectivity index (χ3v) is 5.59. The molecule has 0 saturated heterocycles. The highest BCUT2D eigenvalue weighted by molar-refractivity contribution is 5.79. The minimum absolute atomic E-state index is 0.567. The highest BCUT2D eigenvalue weighted by atomic mass is 16.5. The van der Waals surface area contributed by atoms with Crippen molar-refractivity contribution in [3.8, 4) is 5.75 Å². The van der Waals surface area contributed by atoms with Crippen LogP contribution < -0.4 is 15.4 Å². The fourth-order valence-corrected chi connectivity index (χ4v) is 3.57. The summed E-state index contributed by atoms with van der Waals surface area (Å²) in [6.45, 7) is 5.23. The van der Waals surface area contributed by atoms with Gasteiger partial charge in [-0.3, -0.25) is 4.99 Å². The van der Waals surface area contributed by atoms with E-state index < -0.39 is 0 Å². The van der Waals surface area contributed by atoms with Gasteiger partial charge in [-0.1, -0.05) is 12.1 Å². The lowest BCUT2D eigenvalue weighted by Gasteiger charge is -2.19. The molecule has 0 bridgehead atoms. The summed E-state index contributed by atoms with van der Waals surface area (Å²) in [4.78, 5) is 4.38. The van der Waals surface area contributed by atoms with Crippen LogP contribution in [-0.4, -0.2) is 39.9 Å². The number of hydrogen-bond donors (Lipinski definition) is 2.